The van der Waals surface area contributed by atoms with Gasteiger partial charge in [0.15, 0.2) is 0 Å². The lowest BCUT2D eigenvalue weighted by atomic mass is 10.0. The first kappa shape index (κ1) is 21.9. The predicted molar refractivity (Wildman–Crippen MR) is 122 cm³/mol. The molecule has 5 heterocycles. The molecule has 1 aliphatic heterocycles. The summed E-state index contributed by atoms with van der Waals surface area (Å²) in [6.45, 7) is 3.90. The fourth-order valence-electron chi connectivity index (χ4n) is 3.61. The minimum atomic E-state index is -1.50. The van der Waals surface area contributed by atoms with E-state index in [1.54, 1.807) is 23.0 Å². The molecule has 1 fully saturated rings. The van der Waals surface area contributed by atoms with Crippen molar-refractivity contribution in [2.45, 2.75) is 38.2 Å². The highest BCUT2D eigenvalue weighted by atomic mass is 19.1. The number of rotatable bonds is 7. The summed E-state index contributed by atoms with van der Waals surface area (Å²) in [6.07, 6.45) is 3.34. The number of hydrogen-bond acceptors (Lipinski definition) is 8. The zero-order valence-electron chi connectivity index (χ0n) is 18.7. The van der Waals surface area contributed by atoms with Crippen molar-refractivity contribution in [3.63, 3.8) is 0 Å². The lowest BCUT2D eigenvalue weighted by Crippen LogP contribution is -2.40. The third kappa shape index (κ3) is 4.21. The summed E-state index contributed by atoms with van der Waals surface area (Å²) in [6, 6.07) is 9.69. The molecule has 4 aromatic rings. The number of aliphatic hydroxyl groups is 1. The largest absolute Gasteiger partial charge is 0.387 e. The molecule has 0 unspecified atom stereocenters. The second-order valence-corrected chi connectivity index (χ2v) is 8.85. The van der Waals surface area contributed by atoms with Crippen molar-refractivity contribution in [1.82, 2.24) is 29.6 Å². The summed E-state index contributed by atoms with van der Waals surface area (Å²) in [4.78, 5) is 4.62. The molecule has 0 aliphatic carbocycles. The molecule has 2 N–H and O–H groups in total. The zero-order chi connectivity index (χ0) is 23.9. The van der Waals surface area contributed by atoms with Gasteiger partial charge in [0.1, 0.15) is 17.9 Å². The Kier molecular flexibility index (Phi) is 5.47. The van der Waals surface area contributed by atoms with Gasteiger partial charge in [0.2, 0.25) is 0 Å². The average Bonchev–Trinajstić information content (AvgIpc) is 3.42. The summed E-state index contributed by atoms with van der Waals surface area (Å²) in [7, 11) is 0. The Bertz CT molecular complexity index is 1380. The molecule has 0 saturated carbocycles. The maximum absolute atomic E-state index is 14.3. The van der Waals surface area contributed by atoms with Crippen LogP contribution < -0.4 is 5.32 Å². The fraction of sp³-hybridized carbons (Fsp3) is 0.348. The first-order valence-corrected chi connectivity index (χ1v) is 10.8. The minimum Gasteiger partial charge on any atom is -0.387 e. The van der Waals surface area contributed by atoms with Gasteiger partial charge in [-0.25, -0.2) is 13.6 Å². The highest BCUT2D eigenvalue weighted by Crippen LogP contribution is 2.31. The quantitative estimate of drug-likeness (QED) is 0.429. The van der Waals surface area contributed by atoms with E-state index in [0.29, 0.717) is 35.7 Å². The molecule has 5 rings (SSSR count). The van der Waals surface area contributed by atoms with Crippen LogP contribution in [0, 0.1) is 11.3 Å². The summed E-state index contributed by atoms with van der Waals surface area (Å²) in [5, 5.41) is 35.1. The van der Waals surface area contributed by atoms with E-state index in [0.717, 1.165) is 16.9 Å². The van der Waals surface area contributed by atoms with E-state index >= 15 is 0 Å². The van der Waals surface area contributed by atoms with Crippen molar-refractivity contribution in [2.24, 2.45) is 0 Å². The summed E-state index contributed by atoms with van der Waals surface area (Å²) in [5.41, 5.74) is 3.27. The van der Waals surface area contributed by atoms with Crippen molar-refractivity contribution in [1.29, 1.82) is 5.26 Å². The van der Waals surface area contributed by atoms with Crippen molar-refractivity contribution in [2.75, 3.05) is 18.5 Å². The molecule has 1 saturated heterocycles. The first-order valence-electron chi connectivity index (χ1n) is 10.8. The van der Waals surface area contributed by atoms with Gasteiger partial charge in [0.25, 0.3) is 0 Å². The number of alkyl halides is 1. The van der Waals surface area contributed by atoms with Gasteiger partial charge in [-0.05, 0) is 38.1 Å². The van der Waals surface area contributed by atoms with Crippen LogP contribution in [0.15, 0.2) is 42.9 Å². The van der Waals surface area contributed by atoms with Crippen LogP contribution >= 0.6 is 0 Å². The van der Waals surface area contributed by atoms with Gasteiger partial charge < -0.3 is 15.2 Å². The molecule has 0 aromatic carbocycles. The lowest BCUT2D eigenvalue weighted by molar-refractivity contribution is -0.0120. The van der Waals surface area contributed by atoms with E-state index in [1.165, 1.54) is 24.7 Å². The van der Waals surface area contributed by atoms with E-state index in [-0.39, 0.29) is 12.6 Å². The van der Waals surface area contributed by atoms with E-state index in [2.05, 4.69) is 31.8 Å². The van der Waals surface area contributed by atoms with Gasteiger partial charge in [-0.2, -0.15) is 10.4 Å². The number of fused-ring (bicyclic) bond motifs is 1. The highest BCUT2D eigenvalue weighted by Gasteiger charge is 2.28. The van der Waals surface area contributed by atoms with Crippen LogP contribution in [-0.4, -0.2) is 65.7 Å². The zero-order valence-corrected chi connectivity index (χ0v) is 18.7. The molecular formula is C23H23FN8O2. The van der Waals surface area contributed by atoms with Gasteiger partial charge in [0.05, 0.1) is 66.3 Å². The molecule has 10 nitrogen and oxygen atoms in total. The molecule has 1 atom stereocenters. The SMILES string of the molecule is CC(C)(O)[C@H](F)Cn1cc(-c2cnc(-c3ccc4cc(C#N)cnn34)cc2NC2COC2)nn1. The van der Waals surface area contributed by atoms with Gasteiger partial charge in [0, 0.05) is 17.4 Å². The third-order valence-corrected chi connectivity index (χ3v) is 5.72. The smallest absolute Gasteiger partial charge is 0.148 e. The number of nitriles is 1. The Morgan fingerprint density at radius 2 is 2.12 bits per heavy atom. The number of anilines is 1. The topological polar surface area (TPSA) is 126 Å². The molecular weight excluding hydrogens is 439 g/mol. The summed E-state index contributed by atoms with van der Waals surface area (Å²) in [5.74, 6) is 0. The number of aromatic nitrogens is 6. The van der Waals surface area contributed by atoms with E-state index in [9.17, 15) is 9.50 Å². The van der Waals surface area contributed by atoms with Crippen LogP contribution in [0.1, 0.15) is 19.4 Å². The maximum atomic E-state index is 14.3. The molecule has 4 aromatic heterocycles. The van der Waals surface area contributed by atoms with Crippen LogP contribution in [0.25, 0.3) is 28.2 Å². The van der Waals surface area contributed by atoms with Crippen molar-refractivity contribution in [3.8, 4) is 28.7 Å². The molecule has 11 heteroatoms. The van der Waals surface area contributed by atoms with Crippen molar-refractivity contribution in [3.05, 3.63) is 48.4 Å². The van der Waals surface area contributed by atoms with E-state index in [4.69, 9.17) is 10.00 Å². The third-order valence-electron chi connectivity index (χ3n) is 5.72. The van der Waals surface area contributed by atoms with Gasteiger partial charge in [-0.3, -0.25) is 4.98 Å². The molecule has 0 bridgehead atoms. The Balaban J connectivity index is 1.50. The molecule has 0 spiro atoms. The minimum absolute atomic E-state index is 0.117. The Hall–Kier alpha value is -3.88. The van der Waals surface area contributed by atoms with Crippen LogP contribution in [0.2, 0.25) is 0 Å². The molecule has 0 radical (unpaired) electrons. The number of ether oxygens (including phenoxy) is 1. The van der Waals surface area contributed by atoms with Crippen LogP contribution in [0.5, 0.6) is 0 Å². The molecule has 34 heavy (non-hydrogen) atoms. The maximum Gasteiger partial charge on any atom is 0.148 e. The normalized spacial score (nSPS) is 15.1. The Morgan fingerprint density at radius 1 is 1.29 bits per heavy atom. The van der Waals surface area contributed by atoms with Crippen LogP contribution in [0.3, 0.4) is 0 Å². The van der Waals surface area contributed by atoms with Gasteiger partial charge in [-0.1, -0.05) is 5.21 Å². The lowest BCUT2D eigenvalue weighted by Gasteiger charge is -2.28. The first-order chi connectivity index (χ1) is 16.3. The second kappa shape index (κ2) is 8.48. The number of nitrogens with one attached hydrogen (secondary N) is 1. The number of hydrogen-bond donors (Lipinski definition) is 2. The Morgan fingerprint density at radius 3 is 2.82 bits per heavy atom. The van der Waals surface area contributed by atoms with Crippen LogP contribution in [-0.2, 0) is 11.3 Å². The van der Waals surface area contributed by atoms with Crippen molar-refractivity contribution < 1.29 is 14.2 Å². The summed E-state index contributed by atoms with van der Waals surface area (Å²) < 4.78 is 22.7. The highest BCUT2D eigenvalue weighted by molar-refractivity contribution is 5.79. The number of nitrogens with zero attached hydrogens (tertiary/aromatic N) is 7. The summed E-state index contributed by atoms with van der Waals surface area (Å²) >= 11 is 0. The van der Waals surface area contributed by atoms with E-state index in [1.807, 2.05) is 18.2 Å². The standard InChI is InChI=1S/C23H23FN8O2/c1-23(2,33)22(24)11-31-10-20(29-30-31)17-9-26-19(6-18(17)28-15-12-34-13-15)21-4-3-16-5-14(7-25)8-27-32(16)21/h3-6,8-10,15,22,33H,11-13H2,1-2H3,(H,26,28)/t22-/m1/s1. The predicted octanol–water partition coefficient (Wildman–Crippen LogP) is 2.45. The molecule has 0 amide bonds. The number of halogens is 1. The van der Waals surface area contributed by atoms with Gasteiger partial charge in [-0.15, -0.1) is 5.10 Å². The van der Waals surface area contributed by atoms with Crippen LogP contribution in [0.4, 0.5) is 10.1 Å². The molecule has 174 valence electrons. The van der Waals surface area contributed by atoms with E-state index < -0.39 is 11.8 Å². The fourth-order valence-corrected chi connectivity index (χ4v) is 3.61. The monoisotopic (exact) mass is 462 g/mol. The molecule has 1 aliphatic rings. The second-order valence-electron chi connectivity index (χ2n) is 8.85. The van der Waals surface area contributed by atoms with Gasteiger partial charge >= 0.3 is 0 Å². The number of pyridine rings is 1. The Labute approximate surface area is 194 Å². The average molecular weight is 462 g/mol. The van der Waals surface area contributed by atoms with Crippen molar-refractivity contribution >= 4 is 11.2 Å².